The molecule has 1 aliphatic rings. The third-order valence-corrected chi connectivity index (χ3v) is 6.58. The van der Waals surface area contributed by atoms with Crippen molar-refractivity contribution >= 4 is 23.2 Å². The molecule has 0 spiro atoms. The van der Waals surface area contributed by atoms with E-state index >= 15 is 0 Å². The Kier molecular flexibility index (Phi) is 6.24. The van der Waals surface area contributed by atoms with Gasteiger partial charge in [0.1, 0.15) is 23.0 Å². The highest BCUT2D eigenvalue weighted by molar-refractivity contribution is 5.98. The predicted octanol–water partition coefficient (Wildman–Crippen LogP) is 3.87. The van der Waals surface area contributed by atoms with Crippen LogP contribution in [0.5, 0.6) is 0 Å². The van der Waals surface area contributed by atoms with Gasteiger partial charge in [0.25, 0.3) is 11.8 Å². The molecule has 0 bridgehead atoms. The number of ketones is 1. The fraction of sp³-hybridized carbons (Fsp3) is 0.222. The lowest BCUT2D eigenvalue weighted by atomic mass is 9.96. The Hall–Kier alpha value is -4.47. The SMILES string of the molecule is CC(=O)c1ccc2c(c1C)CC[C@@H]2NC(=O)c1cc(C(=O)NCc2cc(F)cc(F)c2)nc2ccnn12. The molecule has 0 saturated heterocycles. The minimum absolute atomic E-state index is 0.000940. The number of rotatable bonds is 6. The quantitative estimate of drug-likeness (QED) is 0.389. The number of hydrogen-bond acceptors (Lipinski definition) is 5. The predicted molar refractivity (Wildman–Crippen MR) is 130 cm³/mol. The van der Waals surface area contributed by atoms with E-state index in [1.165, 1.54) is 23.7 Å². The van der Waals surface area contributed by atoms with Crippen molar-refractivity contribution in [1.29, 1.82) is 0 Å². The van der Waals surface area contributed by atoms with E-state index in [0.717, 1.165) is 41.3 Å². The fourth-order valence-corrected chi connectivity index (χ4v) is 4.82. The van der Waals surface area contributed by atoms with Crippen LogP contribution < -0.4 is 10.6 Å². The Balaban J connectivity index is 1.38. The summed E-state index contributed by atoms with van der Waals surface area (Å²) < 4.78 is 28.3. The topological polar surface area (TPSA) is 105 Å². The molecule has 2 N–H and O–H groups in total. The first-order valence-electron chi connectivity index (χ1n) is 11.7. The molecule has 4 aromatic rings. The lowest BCUT2D eigenvalue weighted by Crippen LogP contribution is -2.30. The van der Waals surface area contributed by atoms with E-state index in [2.05, 4.69) is 20.7 Å². The van der Waals surface area contributed by atoms with Crippen LogP contribution in [0, 0.1) is 18.6 Å². The molecular weight excluding hydrogens is 480 g/mol. The van der Waals surface area contributed by atoms with Crippen molar-refractivity contribution in [2.45, 2.75) is 39.3 Å². The molecule has 1 aliphatic carbocycles. The van der Waals surface area contributed by atoms with E-state index in [4.69, 9.17) is 0 Å². The molecule has 37 heavy (non-hydrogen) atoms. The Morgan fingerprint density at radius 1 is 1.05 bits per heavy atom. The van der Waals surface area contributed by atoms with Crippen LogP contribution in [0.15, 0.2) is 48.7 Å². The van der Waals surface area contributed by atoms with E-state index in [1.54, 1.807) is 12.1 Å². The molecular formula is C27H23F2N5O3. The maximum Gasteiger partial charge on any atom is 0.270 e. The zero-order valence-electron chi connectivity index (χ0n) is 20.1. The number of carbonyl (C=O) groups excluding carboxylic acids is 3. The van der Waals surface area contributed by atoms with Crippen molar-refractivity contribution in [2.75, 3.05) is 0 Å². The Bertz CT molecular complexity index is 1560. The van der Waals surface area contributed by atoms with Gasteiger partial charge in [0, 0.05) is 30.3 Å². The van der Waals surface area contributed by atoms with Gasteiger partial charge in [-0.15, -0.1) is 0 Å². The van der Waals surface area contributed by atoms with Gasteiger partial charge in [0.05, 0.1) is 12.2 Å². The van der Waals surface area contributed by atoms with E-state index in [0.29, 0.717) is 17.6 Å². The molecule has 0 aliphatic heterocycles. The first-order valence-corrected chi connectivity index (χ1v) is 11.7. The number of fused-ring (bicyclic) bond motifs is 2. The highest BCUT2D eigenvalue weighted by atomic mass is 19.1. The van der Waals surface area contributed by atoms with Crippen LogP contribution in [0.4, 0.5) is 8.78 Å². The molecule has 2 aromatic heterocycles. The number of amides is 2. The summed E-state index contributed by atoms with van der Waals surface area (Å²) in [6.07, 6.45) is 2.87. The number of halogens is 2. The number of carbonyl (C=O) groups is 3. The highest BCUT2D eigenvalue weighted by Crippen LogP contribution is 2.35. The van der Waals surface area contributed by atoms with Crippen molar-refractivity contribution in [3.63, 3.8) is 0 Å². The molecule has 10 heteroatoms. The Morgan fingerprint density at radius 2 is 1.81 bits per heavy atom. The molecule has 2 amide bonds. The van der Waals surface area contributed by atoms with Crippen molar-refractivity contribution in [1.82, 2.24) is 25.2 Å². The minimum Gasteiger partial charge on any atom is -0.347 e. The zero-order valence-corrected chi connectivity index (χ0v) is 20.1. The zero-order chi connectivity index (χ0) is 26.3. The summed E-state index contributed by atoms with van der Waals surface area (Å²) in [5, 5.41) is 9.75. The monoisotopic (exact) mass is 503 g/mol. The van der Waals surface area contributed by atoms with Crippen LogP contribution in [-0.4, -0.2) is 32.2 Å². The van der Waals surface area contributed by atoms with Crippen LogP contribution in [0.3, 0.4) is 0 Å². The van der Waals surface area contributed by atoms with Crippen LogP contribution in [0.25, 0.3) is 5.65 Å². The van der Waals surface area contributed by atoms with Gasteiger partial charge in [-0.3, -0.25) is 14.4 Å². The van der Waals surface area contributed by atoms with E-state index in [-0.39, 0.29) is 35.3 Å². The summed E-state index contributed by atoms with van der Waals surface area (Å²) in [7, 11) is 0. The summed E-state index contributed by atoms with van der Waals surface area (Å²) in [6.45, 7) is 3.33. The smallest absolute Gasteiger partial charge is 0.270 e. The number of aromatic nitrogens is 3. The van der Waals surface area contributed by atoms with Crippen molar-refractivity contribution in [3.8, 4) is 0 Å². The van der Waals surface area contributed by atoms with Crippen LogP contribution in [0.2, 0.25) is 0 Å². The first kappa shape index (κ1) is 24.2. The van der Waals surface area contributed by atoms with Crippen LogP contribution in [-0.2, 0) is 13.0 Å². The molecule has 1 atom stereocenters. The van der Waals surface area contributed by atoms with Crippen LogP contribution >= 0.6 is 0 Å². The number of hydrogen-bond donors (Lipinski definition) is 2. The second-order valence-electron chi connectivity index (χ2n) is 9.02. The lowest BCUT2D eigenvalue weighted by molar-refractivity contribution is 0.0927. The third-order valence-electron chi connectivity index (χ3n) is 6.58. The average Bonchev–Trinajstić information content (AvgIpc) is 3.49. The molecule has 188 valence electrons. The summed E-state index contributed by atoms with van der Waals surface area (Å²) in [5.74, 6) is -2.55. The van der Waals surface area contributed by atoms with Crippen LogP contribution in [0.1, 0.15) is 73.0 Å². The van der Waals surface area contributed by atoms with E-state index in [9.17, 15) is 23.2 Å². The Morgan fingerprint density at radius 3 is 2.54 bits per heavy atom. The molecule has 5 rings (SSSR count). The van der Waals surface area contributed by atoms with Gasteiger partial charge >= 0.3 is 0 Å². The second kappa shape index (κ2) is 9.53. The summed E-state index contributed by atoms with van der Waals surface area (Å²) in [4.78, 5) is 42.3. The van der Waals surface area contributed by atoms with Crippen molar-refractivity contribution in [3.05, 3.63) is 99.5 Å². The summed E-state index contributed by atoms with van der Waals surface area (Å²) in [5.41, 5.74) is 4.24. The maximum atomic E-state index is 13.5. The largest absolute Gasteiger partial charge is 0.347 e. The maximum absolute atomic E-state index is 13.5. The fourth-order valence-electron chi connectivity index (χ4n) is 4.82. The first-order chi connectivity index (χ1) is 17.7. The average molecular weight is 504 g/mol. The highest BCUT2D eigenvalue weighted by Gasteiger charge is 2.28. The Labute approximate surface area is 210 Å². The van der Waals surface area contributed by atoms with Gasteiger partial charge in [0.15, 0.2) is 11.4 Å². The standard InChI is InChI=1S/C27H23F2N5O3/c1-14-19(15(2)35)3-4-21-20(14)5-6-22(21)33-27(37)24-12-23(32-25-7-8-31-34(24)25)26(36)30-13-16-9-17(28)11-18(29)10-16/h3-4,7-12,22H,5-6,13H2,1-2H3,(H,30,36)(H,33,37)/t22-/m0/s1. The van der Waals surface area contributed by atoms with Gasteiger partial charge in [0.2, 0.25) is 0 Å². The third kappa shape index (κ3) is 4.69. The molecule has 8 nitrogen and oxygen atoms in total. The number of benzene rings is 2. The van der Waals surface area contributed by atoms with Crippen molar-refractivity contribution in [2.24, 2.45) is 0 Å². The normalized spacial score (nSPS) is 14.4. The minimum atomic E-state index is -0.747. The van der Waals surface area contributed by atoms with E-state index in [1.807, 2.05) is 13.0 Å². The molecule has 0 radical (unpaired) electrons. The van der Waals surface area contributed by atoms with E-state index < -0.39 is 23.4 Å². The summed E-state index contributed by atoms with van der Waals surface area (Å²) in [6, 6.07) is 9.28. The van der Waals surface area contributed by atoms with Gasteiger partial charge < -0.3 is 10.6 Å². The molecule has 2 heterocycles. The molecule has 2 aromatic carbocycles. The molecule has 0 fully saturated rings. The van der Waals surface area contributed by atoms with Gasteiger partial charge in [-0.1, -0.05) is 12.1 Å². The van der Waals surface area contributed by atoms with Gasteiger partial charge in [-0.25, -0.2) is 18.3 Å². The van der Waals surface area contributed by atoms with Gasteiger partial charge in [-0.2, -0.15) is 5.10 Å². The number of Topliss-reactive ketones (excluding diaryl/α,β-unsaturated/α-hetero) is 1. The molecule has 0 saturated carbocycles. The summed E-state index contributed by atoms with van der Waals surface area (Å²) >= 11 is 0. The second-order valence-corrected chi connectivity index (χ2v) is 9.02. The lowest BCUT2D eigenvalue weighted by Gasteiger charge is -2.16. The number of nitrogens with one attached hydrogen (secondary N) is 2. The molecule has 0 unspecified atom stereocenters. The number of nitrogens with zero attached hydrogens (tertiary/aromatic N) is 3. The van der Waals surface area contributed by atoms with Crippen molar-refractivity contribution < 1.29 is 23.2 Å². The van der Waals surface area contributed by atoms with Gasteiger partial charge in [-0.05, 0) is 61.1 Å².